The Kier molecular flexibility index (Phi) is 2.60. The van der Waals surface area contributed by atoms with E-state index in [-0.39, 0.29) is 4.47 Å². The SMILES string of the molecule is Nc1c([O-])c(Br)cc(F)c1N(O)O. The van der Waals surface area contributed by atoms with Gasteiger partial charge in [0.25, 0.3) is 0 Å². The summed E-state index contributed by atoms with van der Waals surface area (Å²) in [7, 11) is 0. The van der Waals surface area contributed by atoms with E-state index in [9.17, 15) is 9.50 Å². The van der Waals surface area contributed by atoms with E-state index in [0.29, 0.717) is 0 Å². The number of halogens is 2. The van der Waals surface area contributed by atoms with Gasteiger partial charge < -0.3 is 10.8 Å². The summed E-state index contributed by atoms with van der Waals surface area (Å²) in [5, 5.41) is 27.6. The average molecular weight is 252 g/mol. The van der Waals surface area contributed by atoms with E-state index >= 15 is 0 Å². The largest absolute Gasteiger partial charge is 0.870 e. The Labute approximate surface area is 80.9 Å². The molecule has 0 aliphatic heterocycles. The molecule has 0 fully saturated rings. The summed E-state index contributed by atoms with van der Waals surface area (Å²) in [4.78, 5) is 0. The van der Waals surface area contributed by atoms with E-state index in [2.05, 4.69) is 15.9 Å². The fraction of sp³-hybridized carbons (Fsp3) is 0. The molecule has 4 N–H and O–H groups in total. The van der Waals surface area contributed by atoms with Gasteiger partial charge >= 0.3 is 0 Å². The summed E-state index contributed by atoms with van der Waals surface area (Å²) in [5.41, 5.74) is 3.81. The molecule has 0 heterocycles. The van der Waals surface area contributed by atoms with Crippen molar-refractivity contribution in [1.82, 2.24) is 0 Å². The molecule has 1 aromatic carbocycles. The number of nitrogens with zero attached hydrogens (tertiary/aromatic N) is 1. The molecule has 0 saturated carbocycles. The van der Waals surface area contributed by atoms with Crippen LogP contribution in [0.3, 0.4) is 0 Å². The molecule has 13 heavy (non-hydrogen) atoms. The number of benzene rings is 1. The maximum absolute atomic E-state index is 12.9. The summed E-state index contributed by atoms with van der Waals surface area (Å²) in [6.07, 6.45) is 0. The standard InChI is InChI=1S/C6H6BrFN2O3/c7-2-1-3(8)5(10(12)13)4(9)6(2)11/h1,11-13H,9H2/p-1. The third-order valence-corrected chi connectivity index (χ3v) is 1.99. The second kappa shape index (κ2) is 3.36. The predicted octanol–water partition coefficient (Wildman–Crippen LogP) is 0.829. The molecule has 5 nitrogen and oxygen atoms in total. The van der Waals surface area contributed by atoms with Gasteiger partial charge in [-0.15, -0.1) is 5.23 Å². The molecule has 0 aliphatic rings. The number of nitrogens with two attached hydrogens (primary N) is 1. The maximum Gasteiger partial charge on any atom is 0.154 e. The first-order valence-electron chi connectivity index (χ1n) is 3.07. The number of anilines is 2. The average Bonchev–Trinajstić information content (AvgIpc) is 1.99. The lowest BCUT2D eigenvalue weighted by Gasteiger charge is -2.19. The van der Waals surface area contributed by atoms with Crippen molar-refractivity contribution in [3.8, 4) is 5.75 Å². The molecule has 0 atom stereocenters. The van der Waals surface area contributed by atoms with Gasteiger partial charge in [-0.05, 0) is 6.07 Å². The number of hydrogen-bond acceptors (Lipinski definition) is 5. The van der Waals surface area contributed by atoms with E-state index in [0.717, 1.165) is 6.07 Å². The molecular formula is C6H5BrFN2O3-. The predicted molar refractivity (Wildman–Crippen MR) is 44.0 cm³/mol. The van der Waals surface area contributed by atoms with Gasteiger partial charge in [0.05, 0.1) is 5.69 Å². The Morgan fingerprint density at radius 3 is 2.54 bits per heavy atom. The highest BCUT2D eigenvalue weighted by Gasteiger charge is 2.14. The van der Waals surface area contributed by atoms with Crippen molar-refractivity contribution in [1.29, 1.82) is 0 Å². The lowest BCUT2D eigenvalue weighted by molar-refractivity contribution is -0.268. The van der Waals surface area contributed by atoms with Gasteiger partial charge in [-0.3, -0.25) is 10.4 Å². The number of hydrogen-bond donors (Lipinski definition) is 3. The Morgan fingerprint density at radius 1 is 1.54 bits per heavy atom. The topological polar surface area (TPSA) is 92.8 Å². The molecule has 0 bridgehead atoms. The van der Waals surface area contributed by atoms with E-state index in [4.69, 9.17) is 16.1 Å². The lowest BCUT2D eigenvalue weighted by Crippen LogP contribution is -2.16. The van der Waals surface area contributed by atoms with Crippen molar-refractivity contribution >= 4 is 27.3 Å². The normalized spacial score (nSPS) is 10.2. The minimum atomic E-state index is -1.01. The van der Waals surface area contributed by atoms with Gasteiger partial charge in [-0.2, -0.15) is 0 Å². The van der Waals surface area contributed by atoms with Crippen molar-refractivity contribution in [2.24, 2.45) is 0 Å². The monoisotopic (exact) mass is 251 g/mol. The van der Waals surface area contributed by atoms with Crippen molar-refractivity contribution in [3.05, 3.63) is 16.4 Å². The summed E-state index contributed by atoms with van der Waals surface area (Å²) >= 11 is 2.77. The van der Waals surface area contributed by atoms with Gasteiger partial charge in [0, 0.05) is 4.47 Å². The molecule has 1 rings (SSSR count). The van der Waals surface area contributed by atoms with Crippen LogP contribution in [0, 0.1) is 5.82 Å². The van der Waals surface area contributed by atoms with Crippen LogP contribution in [0.5, 0.6) is 5.75 Å². The van der Waals surface area contributed by atoms with E-state index in [1.165, 1.54) is 0 Å². The molecule has 0 radical (unpaired) electrons. The van der Waals surface area contributed by atoms with E-state index < -0.39 is 28.2 Å². The zero-order chi connectivity index (χ0) is 10.2. The Balaban J connectivity index is 3.44. The first-order chi connectivity index (χ1) is 5.95. The summed E-state index contributed by atoms with van der Waals surface area (Å²) in [5.74, 6) is -1.71. The van der Waals surface area contributed by atoms with Gasteiger partial charge in [-0.25, -0.2) is 4.39 Å². The first-order valence-corrected chi connectivity index (χ1v) is 3.86. The van der Waals surface area contributed by atoms with Gasteiger partial charge in [0.1, 0.15) is 0 Å². The van der Waals surface area contributed by atoms with Crippen LogP contribution < -0.4 is 16.1 Å². The van der Waals surface area contributed by atoms with Crippen LogP contribution in [-0.4, -0.2) is 10.4 Å². The lowest BCUT2D eigenvalue weighted by atomic mass is 10.2. The zero-order valence-electron chi connectivity index (χ0n) is 6.16. The summed E-state index contributed by atoms with van der Waals surface area (Å²) in [6, 6.07) is 0.799. The summed E-state index contributed by atoms with van der Waals surface area (Å²) < 4.78 is 12.9. The molecule has 72 valence electrons. The van der Waals surface area contributed by atoms with Gasteiger partial charge in [0.15, 0.2) is 11.5 Å². The molecule has 0 aliphatic carbocycles. The van der Waals surface area contributed by atoms with Crippen molar-refractivity contribution in [3.63, 3.8) is 0 Å². The highest BCUT2D eigenvalue weighted by molar-refractivity contribution is 9.10. The fourth-order valence-electron chi connectivity index (χ4n) is 0.813. The van der Waals surface area contributed by atoms with Crippen molar-refractivity contribution in [2.75, 3.05) is 11.0 Å². The Bertz CT molecular complexity index is 345. The smallest absolute Gasteiger partial charge is 0.154 e. The molecule has 0 unspecified atom stereocenters. The van der Waals surface area contributed by atoms with Gasteiger partial charge in [-0.1, -0.05) is 21.7 Å². The van der Waals surface area contributed by atoms with Crippen LogP contribution in [0.4, 0.5) is 15.8 Å². The third kappa shape index (κ3) is 1.67. The van der Waals surface area contributed by atoms with Crippen LogP contribution in [0.1, 0.15) is 0 Å². The van der Waals surface area contributed by atoms with Crippen molar-refractivity contribution < 1.29 is 19.9 Å². The van der Waals surface area contributed by atoms with Crippen LogP contribution >= 0.6 is 15.9 Å². The zero-order valence-corrected chi connectivity index (χ0v) is 7.75. The molecule has 0 aromatic heterocycles. The van der Waals surface area contributed by atoms with Crippen LogP contribution in [-0.2, 0) is 0 Å². The molecule has 7 heteroatoms. The minimum absolute atomic E-state index is 0.0758. The first kappa shape index (κ1) is 10.0. The molecule has 0 saturated heterocycles. The van der Waals surface area contributed by atoms with Crippen LogP contribution in [0.15, 0.2) is 10.5 Å². The maximum atomic E-state index is 12.9. The molecule has 0 spiro atoms. The molecular weight excluding hydrogens is 247 g/mol. The number of nitrogen functional groups attached to an aromatic ring is 1. The second-order valence-electron chi connectivity index (χ2n) is 2.22. The third-order valence-electron chi connectivity index (χ3n) is 1.40. The highest BCUT2D eigenvalue weighted by atomic mass is 79.9. The van der Waals surface area contributed by atoms with E-state index in [1.54, 1.807) is 0 Å². The fourth-order valence-corrected chi connectivity index (χ4v) is 1.23. The van der Waals surface area contributed by atoms with E-state index in [1.807, 2.05) is 0 Å². The highest BCUT2D eigenvalue weighted by Crippen LogP contribution is 2.36. The van der Waals surface area contributed by atoms with Crippen LogP contribution in [0.25, 0.3) is 0 Å². The molecule has 0 amide bonds. The minimum Gasteiger partial charge on any atom is -0.870 e. The number of rotatable bonds is 1. The quantitative estimate of drug-likeness (QED) is 0.508. The second-order valence-corrected chi connectivity index (χ2v) is 3.08. The van der Waals surface area contributed by atoms with Crippen LogP contribution in [0.2, 0.25) is 0 Å². The Morgan fingerprint density at radius 2 is 2.08 bits per heavy atom. The summed E-state index contributed by atoms with van der Waals surface area (Å²) in [6.45, 7) is 0. The Hall–Kier alpha value is -1.05. The van der Waals surface area contributed by atoms with Crippen molar-refractivity contribution in [2.45, 2.75) is 0 Å². The van der Waals surface area contributed by atoms with Gasteiger partial charge in [0.2, 0.25) is 0 Å². The molecule has 1 aromatic rings.